The highest BCUT2D eigenvalue weighted by molar-refractivity contribution is 8.00. The van der Waals surface area contributed by atoms with Gasteiger partial charge in [-0.25, -0.2) is 0 Å². The summed E-state index contributed by atoms with van der Waals surface area (Å²) in [6.07, 6.45) is 1.25. The van der Waals surface area contributed by atoms with Crippen molar-refractivity contribution in [2.75, 3.05) is 11.1 Å². The third-order valence-electron chi connectivity index (χ3n) is 1.77. The number of rotatable bonds is 0. The van der Waals surface area contributed by atoms with Crippen LogP contribution in [0.2, 0.25) is 0 Å². The molecule has 2 rings (SSSR count). The van der Waals surface area contributed by atoms with Crippen molar-refractivity contribution in [3.8, 4) is 0 Å². The van der Waals surface area contributed by atoms with Crippen LogP contribution in [0.4, 0.5) is 5.69 Å². The minimum absolute atomic E-state index is 0. The SMILES string of the molecule is CCC.Cc1ccc2c(c1)NC(=O)CS2.[HH]. The molecule has 1 aliphatic heterocycles. The van der Waals surface area contributed by atoms with E-state index >= 15 is 0 Å². The van der Waals surface area contributed by atoms with Gasteiger partial charge >= 0.3 is 0 Å². The highest BCUT2D eigenvalue weighted by Gasteiger charge is 2.14. The molecule has 0 radical (unpaired) electrons. The lowest BCUT2D eigenvalue weighted by Gasteiger charge is -2.15. The second-order valence-corrected chi connectivity index (χ2v) is 4.56. The fraction of sp³-hybridized carbons (Fsp3) is 0.417. The Kier molecular flexibility index (Phi) is 4.69. The zero-order valence-electron chi connectivity index (χ0n) is 9.46. The smallest absolute Gasteiger partial charge is 0.234 e. The first-order valence-corrected chi connectivity index (χ1v) is 6.19. The highest BCUT2D eigenvalue weighted by Crippen LogP contribution is 2.31. The molecule has 0 atom stereocenters. The Morgan fingerprint density at radius 1 is 1.47 bits per heavy atom. The van der Waals surface area contributed by atoms with Gasteiger partial charge in [0.1, 0.15) is 0 Å². The lowest BCUT2D eigenvalue weighted by molar-refractivity contribution is -0.113. The van der Waals surface area contributed by atoms with Crippen LogP contribution in [0.5, 0.6) is 0 Å². The molecule has 0 saturated carbocycles. The molecule has 0 fully saturated rings. The van der Waals surface area contributed by atoms with Gasteiger partial charge in [-0.15, -0.1) is 11.8 Å². The Morgan fingerprint density at radius 3 is 2.80 bits per heavy atom. The maximum Gasteiger partial charge on any atom is 0.234 e. The van der Waals surface area contributed by atoms with E-state index in [0.717, 1.165) is 5.69 Å². The molecular formula is C12H19NOS. The van der Waals surface area contributed by atoms with Gasteiger partial charge in [0.25, 0.3) is 0 Å². The number of anilines is 1. The van der Waals surface area contributed by atoms with E-state index in [1.807, 2.05) is 13.0 Å². The monoisotopic (exact) mass is 225 g/mol. The number of carbonyl (C=O) groups is 1. The van der Waals surface area contributed by atoms with Crippen LogP contribution >= 0.6 is 11.8 Å². The van der Waals surface area contributed by atoms with Gasteiger partial charge in [0.05, 0.1) is 11.4 Å². The molecule has 1 amide bonds. The molecule has 3 heteroatoms. The minimum atomic E-state index is 0. The molecule has 1 N–H and O–H groups in total. The molecule has 0 unspecified atom stereocenters. The zero-order chi connectivity index (χ0) is 11.3. The van der Waals surface area contributed by atoms with Crippen molar-refractivity contribution < 1.29 is 6.22 Å². The first kappa shape index (κ1) is 12.1. The molecular weight excluding hydrogens is 206 g/mol. The number of aryl methyl sites for hydroxylation is 1. The minimum Gasteiger partial charge on any atom is -0.324 e. The summed E-state index contributed by atoms with van der Waals surface area (Å²) in [7, 11) is 0. The van der Waals surface area contributed by atoms with Gasteiger partial charge < -0.3 is 5.32 Å². The first-order valence-electron chi connectivity index (χ1n) is 5.20. The summed E-state index contributed by atoms with van der Waals surface area (Å²) < 4.78 is 0. The molecule has 84 valence electrons. The Morgan fingerprint density at radius 2 is 2.13 bits per heavy atom. The van der Waals surface area contributed by atoms with Crippen molar-refractivity contribution in [3.63, 3.8) is 0 Å². The Balaban J connectivity index is 0.000000511. The number of benzene rings is 1. The van der Waals surface area contributed by atoms with Gasteiger partial charge in [-0.05, 0) is 24.6 Å². The van der Waals surface area contributed by atoms with Crippen molar-refractivity contribution in [2.24, 2.45) is 0 Å². The second-order valence-electron chi connectivity index (χ2n) is 3.54. The van der Waals surface area contributed by atoms with Gasteiger partial charge in [0, 0.05) is 6.32 Å². The van der Waals surface area contributed by atoms with E-state index in [-0.39, 0.29) is 7.33 Å². The lowest BCUT2D eigenvalue weighted by atomic mass is 10.2. The number of nitrogens with one attached hydrogen (secondary N) is 1. The van der Waals surface area contributed by atoms with E-state index in [1.54, 1.807) is 11.8 Å². The Hall–Kier alpha value is -0.960. The zero-order valence-corrected chi connectivity index (χ0v) is 10.3. The Labute approximate surface area is 96.9 Å². The van der Waals surface area contributed by atoms with Crippen LogP contribution in [0, 0.1) is 6.92 Å². The molecule has 0 aromatic heterocycles. The number of hydrogen-bond donors (Lipinski definition) is 1. The van der Waals surface area contributed by atoms with Crippen molar-refractivity contribution in [1.29, 1.82) is 0 Å². The van der Waals surface area contributed by atoms with E-state index in [1.165, 1.54) is 16.9 Å². The van der Waals surface area contributed by atoms with Crippen molar-refractivity contribution >= 4 is 23.4 Å². The molecule has 0 spiro atoms. The largest absolute Gasteiger partial charge is 0.324 e. The third-order valence-corrected chi connectivity index (χ3v) is 2.84. The molecule has 1 aromatic rings. The van der Waals surface area contributed by atoms with Crippen LogP contribution in [-0.4, -0.2) is 11.7 Å². The van der Waals surface area contributed by atoms with Crippen molar-refractivity contribution in [3.05, 3.63) is 23.8 Å². The number of hydrogen-bond acceptors (Lipinski definition) is 2. The van der Waals surface area contributed by atoms with Gasteiger partial charge in [0.15, 0.2) is 0 Å². The van der Waals surface area contributed by atoms with Crippen molar-refractivity contribution in [1.82, 2.24) is 0 Å². The molecule has 0 bridgehead atoms. The standard InChI is InChI=1S/C9H9NOS.C3H8.H2/c1-6-2-3-8-7(4-6)10-9(11)5-12-8;1-3-2;/h2-4H,5H2,1H3,(H,10,11);3H2,1-2H3;1H. The quantitative estimate of drug-likeness (QED) is 0.729. The highest BCUT2D eigenvalue weighted by atomic mass is 32.2. The summed E-state index contributed by atoms with van der Waals surface area (Å²) in [5.74, 6) is 0.633. The number of fused-ring (bicyclic) bond motifs is 1. The van der Waals surface area contributed by atoms with E-state index in [9.17, 15) is 4.79 Å². The maximum atomic E-state index is 11.0. The number of carbonyl (C=O) groups excluding carboxylic acids is 1. The van der Waals surface area contributed by atoms with Crippen LogP contribution in [0.3, 0.4) is 0 Å². The summed E-state index contributed by atoms with van der Waals surface area (Å²) in [5, 5.41) is 2.84. The van der Waals surface area contributed by atoms with Crippen molar-refractivity contribution in [2.45, 2.75) is 32.1 Å². The third kappa shape index (κ3) is 3.59. The van der Waals surface area contributed by atoms with Crippen LogP contribution in [0.15, 0.2) is 23.1 Å². The van der Waals surface area contributed by atoms with Crippen LogP contribution in [0.25, 0.3) is 0 Å². The maximum absolute atomic E-state index is 11.0. The predicted octanol–water partition coefficient (Wildman–Crippen LogP) is 3.70. The van der Waals surface area contributed by atoms with Gasteiger partial charge in [-0.1, -0.05) is 26.3 Å². The van der Waals surface area contributed by atoms with Gasteiger partial charge in [0.2, 0.25) is 5.91 Å². The summed E-state index contributed by atoms with van der Waals surface area (Å²) in [4.78, 5) is 12.2. The molecule has 2 nitrogen and oxygen atoms in total. The predicted molar refractivity (Wildman–Crippen MR) is 68.6 cm³/mol. The van der Waals surface area contributed by atoms with Crippen LogP contribution < -0.4 is 5.32 Å². The first-order chi connectivity index (χ1) is 7.17. The lowest BCUT2D eigenvalue weighted by Crippen LogP contribution is -2.18. The molecule has 0 saturated heterocycles. The number of amides is 1. The van der Waals surface area contributed by atoms with Gasteiger partial charge in [-0.3, -0.25) is 4.79 Å². The summed E-state index contributed by atoms with van der Waals surface area (Å²) >= 11 is 1.59. The van der Waals surface area contributed by atoms with Crippen LogP contribution in [-0.2, 0) is 4.79 Å². The van der Waals surface area contributed by atoms with E-state index < -0.39 is 0 Å². The average molecular weight is 225 g/mol. The fourth-order valence-electron chi connectivity index (χ4n) is 1.20. The average Bonchev–Trinajstić information content (AvgIpc) is 2.18. The number of thioether (sulfide) groups is 1. The topological polar surface area (TPSA) is 29.1 Å². The summed E-state index contributed by atoms with van der Waals surface area (Å²) in [6.45, 7) is 6.27. The normalized spacial score (nSPS) is 13.4. The molecule has 1 aliphatic rings. The molecule has 15 heavy (non-hydrogen) atoms. The molecule has 1 aromatic carbocycles. The second kappa shape index (κ2) is 5.81. The summed E-state index contributed by atoms with van der Waals surface area (Å²) in [5.41, 5.74) is 2.13. The fourth-order valence-corrected chi connectivity index (χ4v) is 1.99. The van der Waals surface area contributed by atoms with E-state index in [4.69, 9.17) is 0 Å². The van der Waals surface area contributed by atoms with Crippen LogP contribution in [0.1, 0.15) is 27.3 Å². The Bertz CT molecular complexity index is 355. The summed E-state index contributed by atoms with van der Waals surface area (Å²) in [6, 6.07) is 6.11. The van der Waals surface area contributed by atoms with E-state index in [0.29, 0.717) is 5.75 Å². The van der Waals surface area contributed by atoms with Gasteiger partial charge in [-0.2, -0.15) is 0 Å². The molecule has 0 aliphatic carbocycles. The van der Waals surface area contributed by atoms with E-state index in [2.05, 4.69) is 31.3 Å². The molecule has 1 heterocycles.